The van der Waals surface area contributed by atoms with Crippen LogP contribution in [0, 0.1) is 11.3 Å². The molecule has 1 saturated heterocycles. The molecule has 3 rings (SSSR count). The van der Waals surface area contributed by atoms with Gasteiger partial charge in [-0.3, -0.25) is 4.79 Å². The highest BCUT2D eigenvalue weighted by atomic mass is 32.2. The fourth-order valence-corrected chi connectivity index (χ4v) is 3.43. The van der Waals surface area contributed by atoms with Gasteiger partial charge in [0.2, 0.25) is 0 Å². The van der Waals surface area contributed by atoms with Gasteiger partial charge >= 0.3 is 0 Å². The number of carbonyl (C=O) groups excluding carboxylic acids is 1. The summed E-state index contributed by atoms with van der Waals surface area (Å²) >= 11 is 1.21. The van der Waals surface area contributed by atoms with Crippen molar-refractivity contribution in [2.45, 2.75) is 12.2 Å². The topological polar surface area (TPSA) is 80.5 Å². The molecule has 1 aromatic carbocycles. The van der Waals surface area contributed by atoms with Crippen molar-refractivity contribution in [2.75, 3.05) is 31.1 Å². The summed E-state index contributed by atoms with van der Waals surface area (Å²) in [6, 6.07) is 8.11. The molecule has 1 amide bonds. The number of rotatable bonds is 2. The zero-order valence-corrected chi connectivity index (χ0v) is 13.1. The van der Waals surface area contributed by atoms with Crippen LogP contribution in [0.15, 0.2) is 23.3 Å². The molecular formula is C15H17N5OS. The Morgan fingerprint density at radius 1 is 1.41 bits per heavy atom. The summed E-state index contributed by atoms with van der Waals surface area (Å²) < 4.78 is 0. The summed E-state index contributed by atoms with van der Waals surface area (Å²) in [6.07, 6.45) is 0. The Morgan fingerprint density at radius 3 is 2.86 bits per heavy atom. The summed E-state index contributed by atoms with van der Waals surface area (Å²) in [7, 11) is 0. The molecule has 2 N–H and O–H groups in total. The molecule has 0 spiro atoms. The Hall–Kier alpha value is -2.04. The molecule has 2 aliphatic rings. The largest absolute Gasteiger partial charge is 0.368 e. The van der Waals surface area contributed by atoms with Crippen molar-refractivity contribution in [3.63, 3.8) is 0 Å². The highest BCUT2D eigenvalue weighted by Gasteiger charge is 2.23. The van der Waals surface area contributed by atoms with Gasteiger partial charge in [0.1, 0.15) is 6.07 Å². The Balaban J connectivity index is 1.92. The molecule has 114 valence electrons. The Morgan fingerprint density at radius 2 is 2.18 bits per heavy atom. The molecule has 1 fully saturated rings. The first-order valence-electron chi connectivity index (χ1n) is 7.23. The third kappa shape index (κ3) is 2.93. The van der Waals surface area contributed by atoms with Gasteiger partial charge in [-0.25, -0.2) is 5.43 Å². The van der Waals surface area contributed by atoms with Crippen LogP contribution in [0.25, 0.3) is 0 Å². The van der Waals surface area contributed by atoms with Crippen molar-refractivity contribution >= 4 is 28.4 Å². The Kier molecular flexibility index (Phi) is 4.32. The quantitative estimate of drug-likeness (QED) is 0.865. The van der Waals surface area contributed by atoms with E-state index in [0.717, 1.165) is 43.1 Å². The van der Waals surface area contributed by atoms with Crippen LogP contribution in [0.1, 0.15) is 18.1 Å². The number of piperazine rings is 1. The second-order valence-electron chi connectivity index (χ2n) is 5.24. The van der Waals surface area contributed by atoms with Crippen molar-refractivity contribution in [1.29, 1.82) is 5.26 Å². The fourth-order valence-electron chi connectivity index (χ4n) is 2.71. The second kappa shape index (κ2) is 6.38. The highest BCUT2D eigenvalue weighted by Crippen LogP contribution is 2.26. The van der Waals surface area contributed by atoms with E-state index in [1.54, 1.807) is 0 Å². The number of amides is 1. The van der Waals surface area contributed by atoms with E-state index >= 15 is 0 Å². The van der Waals surface area contributed by atoms with Crippen LogP contribution in [0.5, 0.6) is 0 Å². The number of carbonyl (C=O) groups is 1. The molecule has 1 unspecified atom stereocenters. The smallest absolute Gasteiger partial charge is 0.299 e. The number of thioether (sulfide) groups is 1. The lowest BCUT2D eigenvalue weighted by Crippen LogP contribution is -2.43. The molecule has 0 aromatic heterocycles. The molecule has 6 nitrogen and oxygen atoms in total. The van der Waals surface area contributed by atoms with E-state index < -0.39 is 0 Å². The number of hydrazone groups is 1. The lowest BCUT2D eigenvalue weighted by molar-refractivity contribution is 0.261. The first-order valence-corrected chi connectivity index (χ1v) is 8.11. The molecule has 0 aliphatic carbocycles. The van der Waals surface area contributed by atoms with Gasteiger partial charge in [0.05, 0.1) is 22.2 Å². The standard InChI is InChI=1S/C15H17N5OS/c1-10-14(18-19-15(21)22-10)11-2-3-13(12(8-11)9-16)20-6-4-17-5-7-20/h2-3,8,10,17H,4-7H2,1H3,(H,19,21). The Labute approximate surface area is 133 Å². The molecule has 2 aliphatic heterocycles. The van der Waals surface area contributed by atoms with Gasteiger partial charge in [0.25, 0.3) is 5.24 Å². The third-order valence-electron chi connectivity index (χ3n) is 3.81. The van der Waals surface area contributed by atoms with Gasteiger partial charge in [-0.1, -0.05) is 17.8 Å². The maximum absolute atomic E-state index is 11.3. The minimum Gasteiger partial charge on any atom is -0.368 e. The number of nitrogens with zero attached hydrogens (tertiary/aromatic N) is 3. The van der Waals surface area contributed by atoms with Crippen molar-refractivity contribution in [3.05, 3.63) is 29.3 Å². The summed E-state index contributed by atoms with van der Waals surface area (Å²) in [5.41, 5.74) is 5.79. The van der Waals surface area contributed by atoms with E-state index in [4.69, 9.17) is 0 Å². The van der Waals surface area contributed by atoms with E-state index in [0.29, 0.717) is 5.56 Å². The maximum atomic E-state index is 11.3. The maximum Gasteiger partial charge on any atom is 0.299 e. The molecule has 1 atom stereocenters. The van der Waals surface area contributed by atoms with Gasteiger partial charge in [0.15, 0.2) is 0 Å². The molecule has 0 bridgehead atoms. The van der Waals surface area contributed by atoms with E-state index in [2.05, 4.69) is 26.8 Å². The van der Waals surface area contributed by atoms with Crippen LogP contribution in [-0.4, -0.2) is 42.4 Å². The summed E-state index contributed by atoms with van der Waals surface area (Å²) in [4.78, 5) is 13.5. The normalized spacial score (nSPS) is 21.8. The predicted octanol–water partition coefficient (Wildman–Crippen LogP) is 1.52. The van der Waals surface area contributed by atoms with Crippen molar-refractivity contribution in [1.82, 2.24) is 10.7 Å². The Bertz CT molecular complexity index is 660. The van der Waals surface area contributed by atoms with Crippen molar-refractivity contribution < 1.29 is 4.79 Å². The minimum atomic E-state index is -0.144. The van der Waals surface area contributed by atoms with E-state index in [-0.39, 0.29) is 10.5 Å². The number of nitriles is 1. The number of hydrogen-bond donors (Lipinski definition) is 2. The molecule has 2 heterocycles. The fraction of sp³-hybridized carbons (Fsp3) is 0.400. The van der Waals surface area contributed by atoms with Gasteiger partial charge < -0.3 is 10.2 Å². The SMILES string of the molecule is CC1SC(=O)NN=C1c1ccc(N2CCNCC2)c(C#N)c1. The number of benzene rings is 1. The van der Waals surface area contributed by atoms with Crippen LogP contribution < -0.4 is 15.6 Å². The van der Waals surface area contributed by atoms with Gasteiger partial charge in [-0.15, -0.1) is 0 Å². The molecule has 22 heavy (non-hydrogen) atoms. The van der Waals surface area contributed by atoms with Gasteiger partial charge in [-0.2, -0.15) is 10.4 Å². The molecule has 7 heteroatoms. The van der Waals surface area contributed by atoms with Gasteiger partial charge in [0, 0.05) is 31.7 Å². The summed E-state index contributed by atoms with van der Waals surface area (Å²) in [5.74, 6) is 0. The van der Waals surface area contributed by atoms with E-state index in [9.17, 15) is 10.1 Å². The molecule has 0 saturated carbocycles. The highest BCUT2D eigenvalue weighted by molar-refractivity contribution is 8.14. The number of nitrogens with one attached hydrogen (secondary N) is 2. The third-order valence-corrected chi connectivity index (χ3v) is 4.69. The van der Waals surface area contributed by atoms with Crippen LogP contribution in [0.3, 0.4) is 0 Å². The number of anilines is 1. The average molecular weight is 315 g/mol. The van der Waals surface area contributed by atoms with Crippen LogP contribution in [0.4, 0.5) is 10.5 Å². The predicted molar refractivity (Wildman–Crippen MR) is 88.4 cm³/mol. The van der Waals surface area contributed by atoms with Crippen molar-refractivity contribution in [3.8, 4) is 6.07 Å². The van der Waals surface area contributed by atoms with Crippen molar-refractivity contribution in [2.24, 2.45) is 5.10 Å². The van der Waals surface area contributed by atoms with E-state index in [1.807, 2.05) is 25.1 Å². The van der Waals surface area contributed by atoms with Crippen LogP contribution in [0.2, 0.25) is 0 Å². The monoisotopic (exact) mass is 315 g/mol. The average Bonchev–Trinajstić information content (AvgIpc) is 2.55. The van der Waals surface area contributed by atoms with Crippen LogP contribution in [-0.2, 0) is 0 Å². The lowest BCUT2D eigenvalue weighted by Gasteiger charge is -2.30. The zero-order chi connectivity index (χ0) is 15.5. The molecular weight excluding hydrogens is 298 g/mol. The molecule has 0 radical (unpaired) electrons. The second-order valence-corrected chi connectivity index (χ2v) is 6.55. The van der Waals surface area contributed by atoms with Gasteiger partial charge in [-0.05, 0) is 19.1 Å². The lowest BCUT2D eigenvalue weighted by atomic mass is 10.0. The van der Waals surface area contributed by atoms with E-state index in [1.165, 1.54) is 11.8 Å². The first kappa shape index (κ1) is 14.9. The summed E-state index contributed by atoms with van der Waals surface area (Å²) in [6.45, 7) is 5.60. The zero-order valence-electron chi connectivity index (χ0n) is 12.3. The summed E-state index contributed by atoms with van der Waals surface area (Å²) in [5, 5.41) is 16.8. The first-order chi connectivity index (χ1) is 10.7. The van der Waals surface area contributed by atoms with Crippen LogP contribution >= 0.6 is 11.8 Å². The molecule has 1 aromatic rings. The minimum absolute atomic E-state index is 0.0228. The number of hydrogen-bond acceptors (Lipinski definition) is 6.